The minimum Gasteiger partial charge on any atom is -0.379 e. The van der Waals surface area contributed by atoms with Crippen molar-refractivity contribution in [1.82, 2.24) is 9.80 Å². The molecule has 1 aromatic rings. The van der Waals surface area contributed by atoms with Crippen LogP contribution in [0.5, 0.6) is 0 Å². The van der Waals surface area contributed by atoms with E-state index in [1.54, 1.807) is 0 Å². The van der Waals surface area contributed by atoms with Crippen LogP contribution in [0.15, 0.2) is 35.9 Å². The van der Waals surface area contributed by atoms with Crippen LogP contribution in [-0.2, 0) is 10.2 Å². The Kier molecular flexibility index (Phi) is 6.84. The van der Waals surface area contributed by atoms with Crippen molar-refractivity contribution in [2.24, 2.45) is 17.3 Å². The quantitative estimate of drug-likeness (QED) is 0.553. The standard InChI is InChI=1S/C28H42N2O2/c1-27(2,3)23-10-7-21(8-11-23)26(31)30(14-6-13-29-15-17-32-18-16-29)20-22-9-12-24-19-25(22)28(24,4)5/h7-11,24-25H,6,12-20H2,1-5H3. The van der Waals surface area contributed by atoms with Gasteiger partial charge in [0.1, 0.15) is 0 Å². The number of carbonyl (C=O) groups is 1. The highest BCUT2D eigenvalue weighted by atomic mass is 16.5. The van der Waals surface area contributed by atoms with Crippen molar-refractivity contribution in [3.8, 4) is 0 Å². The second-order valence-electron chi connectivity index (χ2n) is 11.7. The van der Waals surface area contributed by atoms with Gasteiger partial charge in [-0.2, -0.15) is 0 Å². The van der Waals surface area contributed by atoms with Crippen molar-refractivity contribution in [1.29, 1.82) is 0 Å². The van der Waals surface area contributed by atoms with E-state index in [1.165, 1.54) is 24.0 Å². The molecular weight excluding hydrogens is 396 g/mol. The van der Waals surface area contributed by atoms with Crippen LogP contribution in [0.25, 0.3) is 0 Å². The van der Waals surface area contributed by atoms with Crippen LogP contribution in [0.3, 0.4) is 0 Å². The molecule has 0 radical (unpaired) electrons. The molecule has 3 aliphatic carbocycles. The third-order valence-electron chi connectivity index (χ3n) is 8.25. The minimum atomic E-state index is 0.0959. The SMILES string of the molecule is CC(C)(C)c1ccc(C(=O)N(CCCN2CCOCC2)CC2=CCC3CC2C3(C)C)cc1. The summed E-state index contributed by atoms with van der Waals surface area (Å²) in [6.07, 6.45) is 5.93. The predicted molar refractivity (Wildman–Crippen MR) is 131 cm³/mol. The van der Waals surface area contributed by atoms with Crippen LogP contribution in [0.4, 0.5) is 0 Å². The van der Waals surface area contributed by atoms with Crippen LogP contribution in [0.1, 0.15) is 69.8 Å². The van der Waals surface area contributed by atoms with E-state index in [-0.39, 0.29) is 11.3 Å². The number of allylic oxidation sites excluding steroid dienone is 1. The molecule has 4 aliphatic rings. The van der Waals surface area contributed by atoms with E-state index in [9.17, 15) is 4.79 Å². The van der Waals surface area contributed by atoms with Crippen LogP contribution >= 0.6 is 0 Å². The van der Waals surface area contributed by atoms with Crippen molar-refractivity contribution >= 4 is 5.91 Å². The maximum atomic E-state index is 13.6. The lowest BCUT2D eigenvalue weighted by atomic mass is 9.49. The molecule has 2 unspecified atom stereocenters. The topological polar surface area (TPSA) is 32.8 Å². The van der Waals surface area contributed by atoms with Crippen molar-refractivity contribution in [3.63, 3.8) is 0 Å². The smallest absolute Gasteiger partial charge is 0.254 e. The van der Waals surface area contributed by atoms with Gasteiger partial charge in [-0.3, -0.25) is 9.69 Å². The van der Waals surface area contributed by atoms with Crippen molar-refractivity contribution in [2.45, 2.75) is 59.3 Å². The van der Waals surface area contributed by atoms with Gasteiger partial charge in [0, 0.05) is 38.3 Å². The van der Waals surface area contributed by atoms with E-state index in [0.29, 0.717) is 11.3 Å². The van der Waals surface area contributed by atoms with Gasteiger partial charge in [0.25, 0.3) is 5.91 Å². The maximum Gasteiger partial charge on any atom is 0.254 e. The van der Waals surface area contributed by atoms with E-state index in [4.69, 9.17) is 4.74 Å². The van der Waals surface area contributed by atoms with Gasteiger partial charge in [0.05, 0.1) is 13.2 Å². The number of ether oxygens (including phenoxy) is 1. The molecule has 4 nitrogen and oxygen atoms in total. The monoisotopic (exact) mass is 438 g/mol. The molecule has 1 saturated carbocycles. The van der Waals surface area contributed by atoms with Crippen molar-refractivity contribution < 1.29 is 9.53 Å². The zero-order valence-electron chi connectivity index (χ0n) is 20.8. The molecule has 1 amide bonds. The summed E-state index contributed by atoms with van der Waals surface area (Å²) in [5.41, 5.74) is 4.06. The fourth-order valence-electron chi connectivity index (χ4n) is 5.73. The second kappa shape index (κ2) is 9.30. The number of fused-ring (bicyclic) bond motifs is 1. The summed E-state index contributed by atoms with van der Waals surface area (Å²) < 4.78 is 5.48. The number of rotatable bonds is 7. The van der Waals surface area contributed by atoms with E-state index >= 15 is 0 Å². The molecule has 2 fully saturated rings. The van der Waals surface area contributed by atoms with Gasteiger partial charge in [-0.05, 0) is 59.6 Å². The Bertz CT molecular complexity index is 828. The largest absolute Gasteiger partial charge is 0.379 e. The number of hydrogen-bond acceptors (Lipinski definition) is 3. The fourth-order valence-corrected chi connectivity index (χ4v) is 5.73. The van der Waals surface area contributed by atoms with Crippen LogP contribution in [-0.4, -0.2) is 61.6 Å². The molecule has 2 atom stereocenters. The van der Waals surface area contributed by atoms with Gasteiger partial charge in [-0.1, -0.05) is 58.4 Å². The van der Waals surface area contributed by atoms with Crippen molar-refractivity contribution in [3.05, 3.63) is 47.0 Å². The second-order valence-corrected chi connectivity index (χ2v) is 11.7. The van der Waals surface area contributed by atoms with Gasteiger partial charge in [0.2, 0.25) is 0 Å². The average Bonchev–Trinajstić information content (AvgIpc) is 2.78. The molecule has 5 rings (SSSR count). The fraction of sp³-hybridized carbons (Fsp3) is 0.679. The molecule has 1 heterocycles. The first kappa shape index (κ1) is 23.5. The molecule has 1 saturated heterocycles. The van der Waals surface area contributed by atoms with Gasteiger partial charge in [0.15, 0.2) is 0 Å². The highest BCUT2D eigenvalue weighted by Gasteiger charge is 2.51. The molecule has 4 heteroatoms. The summed E-state index contributed by atoms with van der Waals surface area (Å²) in [4.78, 5) is 18.2. The Morgan fingerprint density at radius 1 is 1.16 bits per heavy atom. The summed E-state index contributed by atoms with van der Waals surface area (Å²) in [5.74, 6) is 1.64. The molecule has 2 bridgehead atoms. The Labute approximate surface area is 195 Å². The molecule has 0 aromatic heterocycles. The number of benzene rings is 1. The summed E-state index contributed by atoms with van der Waals surface area (Å²) in [6.45, 7) is 17.8. The Hall–Kier alpha value is -1.65. The average molecular weight is 439 g/mol. The van der Waals surface area contributed by atoms with Crippen molar-refractivity contribution in [2.75, 3.05) is 45.9 Å². The highest BCUT2D eigenvalue weighted by Crippen LogP contribution is 2.59. The van der Waals surface area contributed by atoms with Gasteiger partial charge >= 0.3 is 0 Å². The van der Waals surface area contributed by atoms with Crippen LogP contribution in [0.2, 0.25) is 0 Å². The number of amides is 1. The number of carbonyl (C=O) groups excluding carboxylic acids is 1. The Morgan fingerprint density at radius 2 is 1.84 bits per heavy atom. The lowest BCUT2D eigenvalue weighted by Crippen LogP contribution is -2.50. The maximum absolute atomic E-state index is 13.6. The molecule has 1 aromatic carbocycles. The number of morpholine rings is 1. The molecule has 32 heavy (non-hydrogen) atoms. The lowest BCUT2D eigenvalue weighted by molar-refractivity contribution is -0.0104. The molecule has 0 N–H and O–H groups in total. The third-order valence-corrected chi connectivity index (χ3v) is 8.25. The van der Waals surface area contributed by atoms with Gasteiger partial charge in [-0.15, -0.1) is 0 Å². The minimum absolute atomic E-state index is 0.0959. The van der Waals surface area contributed by atoms with E-state index in [0.717, 1.165) is 63.8 Å². The van der Waals surface area contributed by atoms with E-state index in [1.807, 2.05) is 12.1 Å². The molecular formula is C28H42N2O2. The normalized spacial score (nSPS) is 25.1. The highest BCUT2D eigenvalue weighted by molar-refractivity contribution is 5.94. The number of hydrogen-bond donors (Lipinski definition) is 0. The van der Waals surface area contributed by atoms with E-state index in [2.05, 4.69) is 62.6 Å². The summed E-state index contributed by atoms with van der Waals surface area (Å²) in [5, 5.41) is 0. The van der Waals surface area contributed by atoms with Crippen LogP contribution in [0, 0.1) is 17.3 Å². The molecule has 1 aliphatic heterocycles. The third kappa shape index (κ3) is 4.97. The summed E-state index contributed by atoms with van der Waals surface area (Å²) >= 11 is 0. The Morgan fingerprint density at radius 3 is 2.44 bits per heavy atom. The Balaban J connectivity index is 1.46. The first-order chi connectivity index (χ1) is 15.2. The predicted octanol–water partition coefficient (Wildman–Crippen LogP) is 5.14. The van der Waals surface area contributed by atoms with Crippen LogP contribution < -0.4 is 0 Å². The molecule has 0 spiro atoms. The molecule has 176 valence electrons. The summed E-state index contributed by atoms with van der Waals surface area (Å²) in [6, 6.07) is 8.30. The number of nitrogens with zero attached hydrogens (tertiary/aromatic N) is 2. The zero-order chi connectivity index (χ0) is 22.9. The first-order valence-corrected chi connectivity index (χ1v) is 12.5. The van der Waals surface area contributed by atoms with Gasteiger partial charge < -0.3 is 9.64 Å². The van der Waals surface area contributed by atoms with E-state index < -0.39 is 0 Å². The zero-order valence-corrected chi connectivity index (χ0v) is 20.8. The first-order valence-electron chi connectivity index (χ1n) is 12.5. The summed E-state index contributed by atoms with van der Waals surface area (Å²) in [7, 11) is 0. The van der Waals surface area contributed by atoms with Gasteiger partial charge in [-0.25, -0.2) is 0 Å². The lowest BCUT2D eigenvalue weighted by Gasteiger charge is -2.57.